The highest BCUT2D eigenvalue weighted by molar-refractivity contribution is 6.76. The van der Waals surface area contributed by atoms with Crippen LogP contribution in [0.5, 0.6) is 5.75 Å². The van der Waals surface area contributed by atoms with Gasteiger partial charge in [-0.15, -0.1) is 0 Å². The number of carbonyl (C=O) groups is 6. The molecule has 0 saturated heterocycles. The van der Waals surface area contributed by atoms with Gasteiger partial charge in [-0.25, -0.2) is 24.0 Å². The molecule has 6 rings (SSSR count). The number of aryl methyl sites for hydroxylation is 1. The van der Waals surface area contributed by atoms with Crippen LogP contribution in [0.15, 0.2) is 158 Å². The highest BCUT2D eigenvalue weighted by atomic mass is 28.3. The number of alkyl carbamates (subject to hydrolysis) is 3. The molecule has 0 saturated carbocycles. The summed E-state index contributed by atoms with van der Waals surface area (Å²) in [7, 11) is -1.59. The van der Waals surface area contributed by atoms with Gasteiger partial charge in [0.2, 0.25) is 5.91 Å². The van der Waals surface area contributed by atoms with E-state index in [0.29, 0.717) is 16.9 Å². The molecule has 17 heteroatoms. The summed E-state index contributed by atoms with van der Waals surface area (Å²) in [4.78, 5) is 81.9. The standard InChI is InChI=1S/C64H76N4O12Si/c1-45-30-31-50(51-32-33-57(76-41-46-21-12-8-13-22-46)53(38-51)40-56(59(70)75-35-36-81(5,6)7)68-62(73)79-44-49-27-18-11-19-28-49)37-52(45)39-55(60(71)77-42-47-23-14-9-15-24-47)66-58(69)54(67-63(74)80-64(2,3)4)29-20-34-65-61(72)78-43-48-25-16-10-17-26-48/h8-19,21-28,30-33,37-38,54-56H,20,29,34-36,39-44H2,1-7H3,(H,65,72)(H,66,69)(H,67,74)(H,68,73)/t54-,55-,56-/m0/s1. The van der Waals surface area contributed by atoms with Crippen molar-refractivity contribution < 1.29 is 57.2 Å². The normalized spacial score (nSPS) is 12.3. The number of hydrogen-bond donors (Lipinski definition) is 4. The fourth-order valence-electron chi connectivity index (χ4n) is 8.25. The first-order valence-electron chi connectivity index (χ1n) is 27.3. The number of esters is 2. The predicted octanol–water partition coefficient (Wildman–Crippen LogP) is 11.3. The molecule has 428 valence electrons. The third-order valence-corrected chi connectivity index (χ3v) is 14.4. The smallest absolute Gasteiger partial charge is 0.408 e. The third-order valence-electron chi connectivity index (χ3n) is 12.7. The Bertz CT molecular complexity index is 2990. The maximum Gasteiger partial charge on any atom is 0.408 e. The second kappa shape index (κ2) is 30.8. The highest BCUT2D eigenvalue weighted by Gasteiger charge is 2.31. The Morgan fingerprint density at radius 3 is 1.53 bits per heavy atom. The molecule has 6 aromatic carbocycles. The Morgan fingerprint density at radius 1 is 0.506 bits per heavy atom. The molecule has 0 radical (unpaired) electrons. The van der Waals surface area contributed by atoms with E-state index in [4.69, 9.17) is 28.4 Å². The molecule has 3 atom stereocenters. The van der Waals surface area contributed by atoms with E-state index in [0.717, 1.165) is 45.0 Å². The Morgan fingerprint density at radius 2 is 0.975 bits per heavy atom. The summed E-state index contributed by atoms with van der Waals surface area (Å²) >= 11 is 0. The van der Waals surface area contributed by atoms with Gasteiger partial charge in [0.05, 0.1) is 6.61 Å². The molecule has 0 aromatic heterocycles. The predicted molar refractivity (Wildman–Crippen MR) is 313 cm³/mol. The van der Waals surface area contributed by atoms with Gasteiger partial charge < -0.3 is 49.7 Å². The summed E-state index contributed by atoms with van der Waals surface area (Å²) in [6.45, 7) is 14.1. The summed E-state index contributed by atoms with van der Waals surface area (Å²) in [5, 5.41) is 11.0. The zero-order valence-corrected chi connectivity index (χ0v) is 48.4. The van der Waals surface area contributed by atoms with Crippen molar-refractivity contribution in [2.24, 2.45) is 0 Å². The summed E-state index contributed by atoms with van der Waals surface area (Å²) in [5.74, 6) is -1.53. The van der Waals surface area contributed by atoms with E-state index >= 15 is 0 Å². The average molecular weight is 1120 g/mol. The molecule has 4 N–H and O–H groups in total. The maximum atomic E-state index is 14.4. The molecule has 6 aromatic rings. The summed E-state index contributed by atoms with van der Waals surface area (Å²) < 4.78 is 34.6. The number of rotatable bonds is 27. The van der Waals surface area contributed by atoms with Crippen LogP contribution in [-0.2, 0) is 77.3 Å². The SMILES string of the molecule is Cc1ccc(-c2ccc(OCc3ccccc3)c(C[C@H](NC(=O)OCc3ccccc3)C(=O)OCC[Si](C)(C)C)c2)cc1C[C@H](NC(=O)[C@H](CCCNC(=O)OCc1ccccc1)NC(=O)OC(C)(C)C)C(=O)OCc1ccccc1. The van der Waals surface area contributed by atoms with Crippen LogP contribution in [0.25, 0.3) is 11.1 Å². The van der Waals surface area contributed by atoms with Gasteiger partial charge in [-0.05, 0) is 109 Å². The molecule has 0 spiro atoms. The van der Waals surface area contributed by atoms with Gasteiger partial charge in [0.15, 0.2) is 0 Å². The van der Waals surface area contributed by atoms with Crippen molar-refractivity contribution in [3.8, 4) is 16.9 Å². The quantitative estimate of drug-likeness (QED) is 0.0165. The van der Waals surface area contributed by atoms with Gasteiger partial charge in [-0.2, -0.15) is 0 Å². The van der Waals surface area contributed by atoms with Crippen molar-refractivity contribution in [2.45, 2.75) is 129 Å². The van der Waals surface area contributed by atoms with Gasteiger partial charge >= 0.3 is 30.2 Å². The van der Waals surface area contributed by atoms with Crippen LogP contribution in [0.2, 0.25) is 25.7 Å². The van der Waals surface area contributed by atoms with E-state index in [1.807, 2.05) is 165 Å². The van der Waals surface area contributed by atoms with Gasteiger partial charge in [0.1, 0.15) is 55.9 Å². The lowest BCUT2D eigenvalue weighted by atomic mass is 9.93. The minimum Gasteiger partial charge on any atom is -0.489 e. The zero-order chi connectivity index (χ0) is 58.2. The topological polar surface area (TPSA) is 206 Å². The number of amides is 4. The zero-order valence-electron chi connectivity index (χ0n) is 47.4. The van der Waals surface area contributed by atoms with E-state index < -0.39 is 67.9 Å². The average Bonchev–Trinajstić information content (AvgIpc) is 3.49. The maximum absolute atomic E-state index is 14.4. The summed E-state index contributed by atoms with van der Waals surface area (Å²) in [6.07, 6.45) is -2.01. The molecule has 4 amide bonds. The van der Waals surface area contributed by atoms with Crippen LogP contribution < -0.4 is 26.0 Å². The Kier molecular flexibility index (Phi) is 23.5. The molecule has 0 aliphatic rings. The van der Waals surface area contributed by atoms with E-state index in [1.54, 1.807) is 20.8 Å². The number of hydrogen-bond acceptors (Lipinski definition) is 12. The van der Waals surface area contributed by atoms with Crippen molar-refractivity contribution in [1.82, 2.24) is 21.3 Å². The summed E-state index contributed by atoms with van der Waals surface area (Å²) in [6, 6.07) is 45.7. The molecule has 0 fully saturated rings. The number of nitrogens with one attached hydrogen (secondary N) is 4. The minimum absolute atomic E-state index is 0.00707. The van der Waals surface area contributed by atoms with E-state index in [1.165, 1.54) is 0 Å². The van der Waals surface area contributed by atoms with Gasteiger partial charge in [-0.3, -0.25) is 4.79 Å². The molecular weight excluding hydrogens is 1040 g/mol. The Labute approximate surface area is 476 Å². The monoisotopic (exact) mass is 1120 g/mol. The number of ether oxygens (including phenoxy) is 6. The number of benzene rings is 6. The van der Waals surface area contributed by atoms with Gasteiger partial charge in [-0.1, -0.05) is 165 Å². The van der Waals surface area contributed by atoms with Gasteiger partial charge in [0.25, 0.3) is 0 Å². The molecule has 0 heterocycles. The van der Waals surface area contributed by atoms with Crippen LogP contribution in [0.1, 0.15) is 72.6 Å². The molecule has 0 bridgehead atoms. The summed E-state index contributed by atoms with van der Waals surface area (Å²) in [5.41, 5.74) is 5.93. The van der Waals surface area contributed by atoms with E-state index in [2.05, 4.69) is 40.9 Å². The molecule has 0 aliphatic carbocycles. The molecule has 0 aliphatic heterocycles. The minimum atomic E-state index is -1.59. The first-order chi connectivity index (χ1) is 38.8. The number of carbonyl (C=O) groups excluding carboxylic acids is 6. The van der Waals surface area contributed by atoms with Crippen molar-refractivity contribution in [1.29, 1.82) is 0 Å². The van der Waals surface area contributed by atoms with Crippen molar-refractivity contribution in [3.63, 3.8) is 0 Å². The third kappa shape index (κ3) is 22.3. The van der Waals surface area contributed by atoms with Crippen LogP contribution in [-0.4, -0.2) is 81.1 Å². The van der Waals surface area contributed by atoms with Crippen LogP contribution in [0.4, 0.5) is 14.4 Å². The van der Waals surface area contributed by atoms with Crippen molar-refractivity contribution in [3.05, 3.63) is 197 Å². The lowest BCUT2D eigenvalue weighted by molar-refractivity contribution is -0.149. The molecule has 81 heavy (non-hydrogen) atoms. The van der Waals surface area contributed by atoms with E-state index in [-0.39, 0.29) is 65.3 Å². The van der Waals surface area contributed by atoms with Crippen LogP contribution in [0.3, 0.4) is 0 Å². The first kappa shape index (κ1) is 61.8. The van der Waals surface area contributed by atoms with Crippen molar-refractivity contribution >= 4 is 44.2 Å². The van der Waals surface area contributed by atoms with Crippen LogP contribution in [0, 0.1) is 6.92 Å². The largest absolute Gasteiger partial charge is 0.489 e. The fourth-order valence-corrected chi connectivity index (χ4v) is 8.96. The lowest BCUT2D eigenvalue weighted by Crippen LogP contribution is -2.53. The Balaban J connectivity index is 1.27. The van der Waals surface area contributed by atoms with Crippen molar-refractivity contribution in [2.75, 3.05) is 13.2 Å². The van der Waals surface area contributed by atoms with Gasteiger partial charge in [0, 0.05) is 27.5 Å². The lowest BCUT2D eigenvalue weighted by Gasteiger charge is -2.25. The highest BCUT2D eigenvalue weighted by Crippen LogP contribution is 2.31. The second-order valence-electron chi connectivity index (χ2n) is 21.9. The second-order valence-corrected chi connectivity index (χ2v) is 27.5. The fraction of sp³-hybridized carbons (Fsp3) is 0.344. The first-order valence-corrected chi connectivity index (χ1v) is 31.0. The molecule has 16 nitrogen and oxygen atoms in total. The molecule has 0 unspecified atom stereocenters. The molecular formula is C64H76N4O12Si. The van der Waals surface area contributed by atoms with Crippen LogP contribution >= 0.6 is 0 Å². The van der Waals surface area contributed by atoms with E-state index in [9.17, 15) is 28.8 Å². The Hall–Kier alpha value is -8.44.